The topological polar surface area (TPSA) is 36.5 Å². The van der Waals surface area contributed by atoms with Gasteiger partial charge in [0.2, 0.25) is 6.79 Å². The number of fused-ring (bicyclic) bond motifs is 3. The normalized spacial score (nSPS) is 12.6. The molecule has 170 valence electrons. The van der Waals surface area contributed by atoms with E-state index in [-0.39, 0.29) is 6.79 Å². The Morgan fingerprint density at radius 2 is 1.34 bits per heavy atom. The first kappa shape index (κ1) is 20.0. The molecule has 4 heteroatoms. The van der Waals surface area contributed by atoms with E-state index >= 15 is 0 Å². The highest BCUT2D eigenvalue weighted by Gasteiger charge is 2.28. The van der Waals surface area contributed by atoms with Gasteiger partial charge in [-0.1, -0.05) is 78.9 Å². The summed E-state index contributed by atoms with van der Waals surface area (Å²) in [4.78, 5) is 0. The van der Waals surface area contributed by atoms with E-state index in [9.17, 15) is 0 Å². The molecule has 1 aliphatic heterocycles. The summed E-state index contributed by atoms with van der Waals surface area (Å²) >= 11 is 0. The Morgan fingerprint density at radius 1 is 0.686 bits per heavy atom. The van der Waals surface area contributed by atoms with Crippen molar-refractivity contribution in [2.75, 3.05) is 6.79 Å². The SMILES string of the molecule is CCn1c(-c2ccccc2)c(-c2c(-c3ccccc3)oc3cc4c(cc23)OCO4)c2ccccc21. The van der Waals surface area contributed by atoms with Crippen LogP contribution in [0.25, 0.3) is 55.6 Å². The molecule has 4 nitrogen and oxygen atoms in total. The first-order valence-electron chi connectivity index (χ1n) is 11.9. The third-order valence-corrected chi connectivity index (χ3v) is 6.80. The molecule has 0 saturated carbocycles. The van der Waals surface area contributed by atoms with E-state index in [4.69, 9.17) is 13.9 Å². The molecule has 6 aromatic rings. The summed E-state index contributed by atoms with van der Waals surface area (Å²) in [6, 6.07) is 33.6. The van der Waals surface area contributed by atoms with Crippen LogP contribution in [0.1, 0.15) is 6.92 Å². The summed E-state index contributed by atoms with van der Waals surface area (Å²) in [6.45, 7) is 3.28. The molecule has 4 aromatic carbocycles. The van der Waals surface area contributed by atoms with Gasteiger partial charge in [0.25, 0.3) is 0 Å². The standard InChI is InChI=1S/C31H23NO3/c1-2-32-24-16-10-9-15-22(24)28(30(32)20-11-5-3-6-12-20)29-23-17-26-27(34-19-33-26)18-25(23)35-31(29)21-13-7-4-8-14-21/h3-18H,2,19H2,1H3. The smallest absolute Gasteiger partial charge is 0.231 e. The highest BCUT2D eigenvalue weighted by atomic mass is 16.7. The minimum absolute atomic E-state index is 0.229. The lowest BCUT2D eigenvalue weighted by atomic mass is 9.93. The minimum Gasteiger partial charge on any atom is -0.455 e. The third-order valence-electron chi connectivity index (χ3n) is 6.80. The third kappa shape index (κ3) is 3.00. The number of benzene rings is 4. The average Bonchev–Trinajstić information content (AvgIpc) is 3.61. The van der Waals surface area contributed by atoms with Gasteiger partial charge < -0.3 is 18.5 Å². The van der Waals surface area contributed by atoms with E-state index in [2.05, 4.69) is 84.3 Å². The summed E-state index contributed by atoms with van der Waals surface area (Å²) in [7, 11) is 0. The van der Waals surface area contributed by atoms with Gasteiger partial charge in [-0.15, -0.1) is 0 Å². The second-order valence-corrected chi connectivity index (χ2v) is 8.72. The predicted octanol–water partition coefficient (Wildman–Crippen LogP) is 8.14. The van der Waals surface area contributed by atoms with Crippen molar-refractivity contribution in [3.8, 4) is 45.2 Å². The van der Waals surface area contributed by atoms with Crippen molar-refractivity contribution in [1.29, 1.82) is 0 Å². The minimum atomic E-state index is 0.229. The number of ether oxygens (including phenoxy) is 2. The molecule has 0 atom stereocenters. The van der Waals surface area contributed by atoms with Gasteiger partial charge in [0.05, 0.1) is 5.69 Å². The molecule has 7 rings (SSSR count). The van der Waals surface area contributed by atoms with Crippen LogP contribution < -0.4 is 9.47 Å². The summed E-state index contributed by atoms with van der Waals surface area (Å²) < 4.78 is 20.4. The Balaban J connectivity index is 1.67. The van der Waals surface area contributed by atoms with Gasteiger partial charge in [0.1, 0.15) is 11.3 Å². The van der Waals surface area contributed by atoms with E-state index in [1.54, 1.807) is 0 Å². The van der Waals surface area contributed by atoms with Crippen LogP contribution in [0.15, 0.2) is 101 Å². The highest BCUT2D eigenvalue weighted by molar-refractivity contribution is 6.14. The molecule has 2 aromatic heterocycles. The zero-order valence-electron chi connectivity index (χ0n) is 19.3. The quantitative estimate of drug-likeness (QED) is 0.268. The number of hydrogen-bond donors (Lipinski definition) is 0. The zero-order valence-corrected chi connectivity index (χ0v) is 19.3. The van der Waals surface area contributed by atoms with Gasteiger partial charge in [-0.05, 0) is 24.6 Å². The molecular weight excluding hydrogens is 434 g/mol. The molecule has 35 heavy (non-hydrogen) atoms. The number of rotatable bonds is 4. The van der Waals surface area contributed by atoms with Crippen molar-refractivity contribution in [2.45, 2.75) is 13.5 Å². The van der Waals surface area contributed by atoms with Gasteiger partial charge >= 0.3 is 0 Å². The Morgan fingerprint density at radius 3 is 2.09 bits per heavy atom. The maximum Gasteiger partial charge on any atom is 0.231 e. The van der Waals surface area contributed by atoms with Crippen molar-refractivity contribution in [1.82, 2.24) is 4.57 Å². The number of hydrogen-bond acceptors (Lipinski definition) is 3. The molecule has 0 bridgehead atoms. The van der Waals surface area contributed by atoms with Gasteiger partial charge in [-0.3, -0.25) is 0 Å². The van der Waals surface area contributed by atoms with Crippen LogP contribution in [0.4, 0.5) is 0 Å². The Kier molecular flexibility index (Phi) is 4.46. The lowest BCUT2D eigenvalue weighted by molar-refractivity contribution is 0.174. The second-order valence-electron chi connectivity index (χ2n) is 8.72. The number of furan rings is 1. The Bertz CT molecular complexity index is 1690. The van der Waals surface area contributed by atoms with Crippen LogP contribution in [0, 0.1) is 0 Å². The van der Waals surface area contributed by atoms with Gasteiger partial charge in [0, 0.05) is 45.6 Å². The van der Waals surface area contributed by atoms with E-state index in [0.717, 1.165) is 45.9 Å². The molecule has 3 heterocycles. The average molecular weight is 458 g/mol. The second kappa shape index (κ2) is 7.81. The van der Waals surface area contributed by atoms with E-state index in [1.807, 2.05) is 24.3 Å². The van der Waals surface area contributed by atoms with Crippen LogP contribution in [-0.4, -0.2) is 11.4 Å². The van der Waals surface area contributed by atoms with Crippen LogP contribution in [0.2, 0.25) is 0 Å². The molecule has 0 aliphatic carbocycles. The number of para-hydroxylation sites is 1. The Labute approximate surface area is 202 Å². The van der Waals surface area contributed by atoms with Crippen LogP contribution in [0.3, 0.4) is 0 Å². The fraction of sp³-hybridized carbons (Fsp3) is 0.0968. The molecule has 0 unspecified atom stereocenters. The van der Waals surface area contributed by atoms with Crippen LogP contribution >= 0.6 is 0 Å². The van der Waals surface area contributed by atoms with Gasteiger partial charge in [-0.2, -0.15) is 0 Å². The number of aromatic nitrogens is 1. The van der Waals surface area contributed by atoms with E-state index in [0.29, 0.717) is 0 Å². The Hall–Kier alpha value is -4.44. The molecular formula is C31H23NO3. The fourth-order valence-corrected chi connectivity index (χ4v) is 5.31. The van der Waals surface area contributed by atoms with E-state index < -0.39 is 0 Å². The van der Waals surface area contributed by atoms with E-state index in [1.165, 1.54) is 27.7 Å². The summed E-state index contributed by atoms with van der Waals surface area (Å²) in [5.41, 5.74) is 7.64. The molecule has 0 radical (unpaired) electrons. The van der Waals surface area contributed by atoms with Gasteiger partial charge in [0.15, 0.2) is 11.5 Å². The molecule has 0 N–H and O–H groups in total. The van der Waals surface area contributed by atoms with Crippen molar-refractivity contribution in [2.24, 2.45) is 0 Å². The lowest BCUT2D eigenvalue weighted by Gasteiger charge is -2.12. The zero-order chi connectivity index (χ0) is 23.4. The maximum absolute atomic E-state index is 6.60. The molecule has 0 saturated heterocycles. The summed E-state index contributed by atoms with van der Waals surface area (Å²) in [6.07, 6.45) is 0. The maximum atomic E-state index is 6.60. The molecule has 0 spiro atoms. The highest BCUT2D eigenvalue weighted by Crippen LogP contribution is 2.51. The van der Waals surface area contributed by atoms with Crippen molar-refractivity contribution >= 4 is 21.9 Å². The lowest BCUT2D eigenvalue weighted by Crippen LogP contribution is -1.97. The summed E-state index contributed by atoms with van der Waals surface area (Å²) in [5.74, 6) is 2.32. The molecule has 0 fully saturated rings. The number of aryl methyl sites for hydroxylation is 1. The predicted molar refractivity (Wildman–Crippen MR) is 140 cm³/mol. The fourth-order valence-electron chi connectivity index (χ4n) is 5.31. The van der Waals surface area contributed by atoms with Crippen molar-refractivity contribution in [3.63, 3.8) is 0 Å². The molecule has 0 amide bonds. The monoisotopic (exact) mass is 457 g/mol. The number of nitrogens with zero attached hydrogens (tertiary/aromatic N) is 1. The summed E-state index contributed by atoms with van der Waals surface area (Å²) in [5, 5.41) is 2.22. The largest absolute Gasteiger partial charge is 0.455 e. The first-order valence-corrected chi connectivity index (χ1v) is 11.9. The molecule has 1 aliphatic rings. The van der Waals surface area contributed by atoms with Crippen molar-refractivity contribution in [3.05, 3.63) is 97.1 Å². The van der Waals surface area contributed by atoms with Crippen molar-refractivity contribution < 1.29 is 13.9 Å². The van der Waals surface area contributed by atoms with Crippen LogP contribution in [-0.2, 0) is 6.54 Å². The first-order chi connectivity index (χ1) is 17.3. The van der Waals surface area contributed by atoms with Crippen LogP contribution in [0.5, 0.6) is 11.5 Å². The van der Waals surface area contributed by atoms with Gasteiger partial charge in [-0.25, -0.2) is 0 Å².